The molecule has 0 radical (unpaired) electrons. The Morgan fingerprint density at radius 2 is 1.95 bits per heavy atom. The number of hydrogen-bond acceptors (Lipinski definition) is 3. The van der Waals surface area contributed by atoms with Crippen LogP contribution in [0.1, 0.15) is 46.1 Å². The van der Waals surface area contributed by atoms with Crippen LogP contribution < -0.4 is 15.4 Å². The Hall–Kier alpha value is -1.75. The summed E-state index contributed by atoms with van der Waals surface area (Å²) in [6, 6.07) is 7.37. The quantitative estimate of drug-likeness (QED) is 0.691. The highest BCUT2D eigenvalue weighted by Crippen LogP contribution is 2.14. The number of carbonyl (C=O) groups is 1. The van der Waals surface area contributed by atoms with Crippen molar-refractivity contribution in [3.05, 3.63) is 29.8 Å². The van der Waals surface area contributed by atoms with Gasteiger partial charge in [0.2, 0.25) is 0 Å². The summed E-state index contributed by atoms with van der Waals surface area (Å²) in [6.45, 7) is 8.18. The highest BCUT2D eigenvalue weighted by atomic mass is 16.5. The predicted molar refractivity (Wildman–Crippen MR) is 88.0 cm³/mol. The standard InChI is InChI=1S/C17H28N2O3/c1-5-10-17(4,12-20)19-16(21)18-11-14-6-8-15(9-7-14)22-13(2)3/h6-9,13,20H,5,10-12H2,1-4H3,(H2,18,19,21). The molecule has 124 valence electrons. The van der Waals surface area contributed by atoms with E-state index in [4.69, 9.17) is 4.74 Å². The van der Waals surface area contributed by atoms with Crippen molar-refractivity contribution in [1.82, 2.24) is 10.6 Å². The lowest BCUT2D eigenvalue weighted by molar-refractivity contribution is 0.163. The molecule has 0 aliphatic carbocycles. The third-order valence-electron chi connectivity index (χ3n) is 3.31. The van der Waals surface area contributed by atoms with Crippen LogP contribution in [0, 0.1) is 0 Å². The number of aliphatic hydroxyl groups is 1. The predicted octanol–water partition coefficient (Wildman–Crippen LogP) is 2.82. The summed E-state index contributed by atoms with van der Waals surface area (Å²) < 4.78 is 5.57. The van der Waals surface area contributed by atoms with Crippen LogP contribution in [0.4, 0.5) is 4.79 Å². The smallest absolute Gasteiger partial charge is 0.315 e. The van der Waals surface area contributed by atoms with Crippen LogP contribution in [0.3, 0.4) is 0 Å². The molecule has 0 bridgehead atoms. The van der Waals surface area contributed by atoms with Crippen molar-refractivity contribution >= 4 is 6.03 Å². The molecule has 5 nitrogen and oxygen atoms in total. The first-order valence-electron chi connectivity index (χ1n) is 7.81. The molecule has 3 N–H and O–H groups in total. The van der Waals surface area contributed by atoms with Crippen molar-refractivity contribution in [2.75, 3.05) is 6.61 Å². The van der Waals surface area contributed by atoms with Crippen molar-refractivity contribution in [1.29, 1.82) is 0 Å². The Bertz CT molecular complexity index is 459. The highest BCUT2D eigenvalue weighted by Gasteiger charge is 2.24. The molecule has 0 spiro atoms. The minimum absolute atomic E-state index is 0.0739. The third kappa shape index (κ3) is 6.35. The van der Waals surface area contributed by atoms with Gasteiger partial charge in [-0.2, -0.15) is 0 Å². The van der Waals surface area contributed by atoms with E-state index < -0.39 is 5.54 Å². The largest absolute Gasteiger partial charge is 0.491 e. The fraction of sp³-hybridized carbons (Fsp3) is 0.588. The lowest BCUT2D eigenvalue weighted by Crippen LogP contribution is -2.52. The second-order valence-corrected chi connectivity index (χ2v) is 6.09. The van der Waals surface area contributed by atoms with E-state index in [0.29, 0.717) is 6.54 Å². The number of rotatable bonds is 8. The zero-order valence-electron chi connectivity index (χ0n) is 14.0. The summed E-state index contributed by atoms with van der Waals surface area (Å²) in [4.78, 5) is 11.9. The summed E-state index contributed by atoms with van der Waals surface area (Å²) in [5.74, 6) is 0.819. The van der Waals surface area contributed by atoms with Gasteiger partial charge in [0.1, 0.15) is 5.75 Å². The molecule has 0 saturated carbocycles. The van der Waals surface area contributed by atoms with Crippen LogP contribution in [0.15, 0.2) is 24.3 Å². The van der Waals surface area contributed by atoms with Gasteiger partial charge >= 0.3 is 6.03 Å². The van der Waals surface area contributed by atoms with Gasteiger partial charge in [-0.15, -0.1) is 0 Å². The van der Waals surface area contributed by atoms with Gasteiger partial charge in [0.15, 0.2) is 0 Å². The van der Waals surface area contributed by atoms with Crippen LogP contribution in [0.5, 0.6) is 5.75 Å². The summed E-state index contributed by atoms with van der Waals surface area (Å²) in [7, 11) is 0. The van der Waals surface area contributed by atoms with Crippen molar-refractivity contribution < 1.29 is 14.6 Å². The molecule has 22 heavy (non-hydrogen) atoms. The number of carbonyl (C=O) groups excluding carboxylic acids is 1. The van der Waals surface area contributed by atoms with Gasteiger partial charge < -0.3 is 20.5 Å². The van der Waals surface area contributed by atoms with Crippen molar-refractivity contribution in [3.8, 4) is 5.75 Å². The average molecular weight is 308 g/mol. The second kappa shape index (κ2) is 8.63. The second-order valence-electron chi connectivity index (χ2n) is 6.09. The van der Waals surface area contributed by atoms with E-state index in [2.05, 4.69) is 10.6 Å². The minimum atomic E-state index is -0.576. The van der Waals surface area contributed by atoms with Gasteiger partial charge in [-0.1, -0.05) is 25.5 Å². The molecule has 0 saturated heterocycles. The van der Waals surface area contributed by atoms with Crippen LogP contribution in [0.25, 0.3) is 0 Å². The number of urea groups is 1. The molecular formula is C17H28N2O3. The van der Waals surface area contributed by atoms with E-state index in [1.807, 2.05) is 52.0 Å². The number of benzene rings is 1. The zero-order chi connectivity index (χ0) is 16.6. The molecule has 0 fully saturated rings. The molecule has 5 heteroatoms. The lowest BCUT2D eigenvalue weighted by Gasteiger charge is -2.28. The van der Waals surface area contributed by atoms with Gasteiger partial charge in [-0.3, -0.25) is 0 Å². The number of hydrogen-bond donors (Lipinski definition) is 3. The molecule has 0 heterocycles. The van der Waals surface area contributed by atoms with E-state index in [0.717, 1.165) is 24.2 Å². The summed E-state index contributed by atoms with van der Waals surface area (Å²) in [6.07, 6.45) is 1.77. The molecule has 1 atom stereocenters. The van der Waals surface area contributed by atoms with Crippen LogP contribution >= 0.6 is 0 Å². The summed E-state index contributed by atoms with van der Waals surface area (Å²) in [5.41, 5.74) is 0.417. The van der Waals surface area contributed by atoms with E-state index >= 15 is 0 Å². The topological polar surface area (TPSA) is 70.6 Å². The van der Waals surface area contributed by atoms with Crippen LogP contribution in [-0.4, -0.2) is 29.4 Å². The number of ether oxygens (including phenoxy) is 1. The Morgan fingerprint density at radius 3 is 2.45 bits per heavy atom. The Balaban J connectivity index is 2.46. The van der Waals surface area contributed by atoms with Crippen LogP contribution in [-0.2, 0) is 6.54 Å². The van der Waals surface area contributed by atoms with E-state index in [1.165, 1.54) is 0 Å². The average Bonchev–Trinajstić information content (AvgIpc) is 2.46. The minimum Gasteiger partial charge on any atom is -0.491 e. The van der Waals surface area contributed by atoms with Gasteiger partial charge in [0, 0.05) is 6.54 Å². The summed E-state index contributed by atoms with van der Waals surface area (Å²) in [5, 5.41) is 15.0. The molecular weight excluding hydrogens is 280 g/mol. The Labute approximate surface area is 133 Å². The Kier molecular flexibility index (Phi) is 7.18. The van der Waals surface area contributed by atoms with Crippen molar-refractivity contribution in [2.24, 2.45) is 0 Å². The van der Waals surface area contributed by atoms with Gasteiger partial charge in [-0.05, 0) is 44.9 Å². The molecule has 2 amide bonds. The maximum absolute atomic E-state index is 11.9. The molecule has 0 aliphatic rings. The lowest BCUT2D eigenvalue weighted by atomic mass is 9.98. The van der Waals surface area contributed by atoms with E-state index in [9.17, 15) is 9.90 Å². The van der Waals surface area contributed by atoms with E-state index in [1.54, 1.807) is 0 Å². The fourth-order valence-electron chi connectivity index (χ4n) is 2.19. The van der Waals surface area contributed by atoms with Crippen molar-refractivity contribution in [2.45, 2.75) is 58.7 Å². The van der Waals surface area contributed by atoms with E-state index in [-0.39, 0.29) is 18.7 Å². The highest BCUT2D eigenvalue weighted by molar-refractivity contribution is 5.74. The molecule has 1 aromatic rings. The number of aliphatic hydroxyl groups excluding tert-OH is 1. The number of nitrogens with one attached hydrogen (secondary N) is 2. The SMILES string of the molecule is CCCC(C)(CO)NC(=O)NCc1ccc(OC(C)C)cc1. The monoisotopic (exact) mass is 308 g/mol. The first-order valence-corrected chi connectivity index (χ1v) is 7.81. The van der Waals surface area contributed by atoms with Gasteiger partial charge in [-0.25, -0.2) is 4.79 Å². The first-order chi connectivity index (χ1) is 10.4. The molecule has 0 aliphatic heterocycles. The zero-order valence-corrected chi connectivity index (χ0v) is 14.0. The normalized spacial score (nSPS) is 13.5. The maximum Gasteiger partial charge on any atom is 0.315 e. The molecule has 1 unspecified atom stereocenters. The first kappa shape index (κ1) is 18.3. The fourth-order valence-corrected chi connectivity index (χ4v) is 2.19. The number of amides is 2. The molecule has 0 aromatic heterocycles. The molecule has 1 rings (SSSR count). The van der Waals surface area contributed by atoms with Gasteiger partial charge in [0.05, 0.1) is 18.2 Å². The maximum atomic E-state index is 11.9. The van der Waals surface area contributed by atoms with Crippen LogP contribution in [0.2, 0.25) is 0 Å². The molecule has 1 aromatic carbocycles. The third-order valence-corrected chi connectivity index (χ3v) is 3.31. The van der Waals surface area contributed by atoms with Crippen molar-refractivity contribution in [3.63, 3.8) is 0 Å². The summed E-state index contributed by atoms with van der Waals surface area (Å²) >= 11 is 0. The Morgan fingerprint density at radius 1 is 1.32 bits per heavy atom. The van der Waals surface area contributed by atoms with Gasteiger partial charge in [0.25, 0.3) is 0 Å².